The number of hydrogen-bond acceptors (Lipinski definition) is 4. The number of rotatable bonds is 3. The molecule has 0 fully saturated rings. The molecule has 7 aromatic carbocycles. The van der Waals surface area contributed by atoms with Crippen molar-refractivity contribution in [3.63, 3.8) is 0 Å². The fraction of sp³-hybridized carbons (Fsp3) is 0.0256. The molecule has 0 radical (unpaired) electrons. The summed E-state index contributed by atoms with van der Waals surface area (Å²) in [5.74, 6) is 0. The smallest absolute Gasteiger partial charge is 0.266 e. The Balaban J connectivity index is 1.54. The normalized spacial score (nSPS) is 12.4. The Kier molecular flexibility index (Phi) is 4.35. The van der Waals surface area contributed by atoms with E-state index in [0.29, 0.717) is 16.5 Å². The minimum atomic E-state index is -0.286. The monoisotopic (exact) mass is 563 g/mol. The van der Waals surface area contributed by atoms with Gasteiger partial charge in [0.25, 0.3) is 11.1 Å². The highest BCUT2D eigenvalue weighted by Crippen LogP contribution is 2.53. The van der Waals surface area contributed by atoms with Gasteiger partial charge in [0.2, 0.25) is 0 Å². The number of benzene rings is 6. The Hall–Kier alpha value is -5.94. The van der Waals surface area contributed by atoms with Crippen LogP contribution in [0, 0.1) is 6.92 Å². The maximum Gasteiger partial charge on any atom is 0.266 e. The lowest BCUT2D eigenvalue weighted by molar-refractivity contribution is 0.989. The number of aromatic nitrogens is 3. The van der Waals surface area contributed by atoms with Crippen LogP contribution in [-0.2, 0) is 0 Å². The van der Waals surface area contributed by atoms with E-state index in [1.54, 1.807) is 24.8 Å². The minimum absolute atomic E-state index is 0.286. The lowest BCUT2D eigenvalue weighted by atomic mass is 9.89. The van der Waals surface area contributed by atoms with Crippen LogP contribution in [0.4, 0.5) is 0 Å². The van der Waals surface area contributed by atoms with E-state index >= 15 is 0 Å². The van der Waals surface area contributed by atoms with Crippen LogP contribution in [0.2, 0.25) is 0 Å². The van der Waals surface area contributed by atoms with Gasteiger partial charge in [-0.15, -0.1) is 0 Å². The highest BCUT2D eigenvalue weighted by atomic mass is 16.2. The van der Waals surface area contributed by atoms with Gasteiger partial charge in [-0.2, -0.15) is 0 Å². The Morgan fingerprint density at radius 2 is 1.00 bits per heavy atom. The SMILES string of the molecule is Cc1cccc(-n2c(=O)c3c4cc(-c5ccncc5)c5ccc6ccc7c(-c8ccncc8)cc(c3c2=O)c2c7c6c5c42)c1. The highest BCUT2D eigenvalue weighted by molar-refractivity contribution is 6.50. The molecule has 0 bridgehead atoms. The van der Waals surface area contributed by atoms with Crippen molar-refractivity contribution in [2.75, 3.05) is 0 Å². The van der Waals surface area contributed by atoms with Crippen LogP contribution in [0.1, 0.15) is 5.56 Å². The van der Waals surface area contributed by atoms with Gasteiger partial charge in [0, 0.05) is 24.8 Å². The van der Waals surface area contributed by atoms with E-state index in [-0.39, 0.29) is 11.1 Å². The number of fused-ring (bicyclic) bond motifs is 3. The van der Waals surface area contributed by atoms with Crippen molar-refractivity contribution in [3.8, 4) is 27.9 Å². The van der Waals surface area contributed by atoms with Gasteiger partial charge in [0.15, 0.2) is 0 Å². The van der Waals surface area contributed by atoms with Crippen molar-refractivity contribution in [2.45, 2.75) is 6.92 Å². The fourth-order valence-electron chi connectivity index (χ4n) is 7.73. The molecular formula is C39H21N3O2. The standard InChI is InChI=1S/C39H21N3O2/c1-20-3-2-4-24(17-20)42-38(43)36-29-18-27(21-9-13-40-14-10-21)25-7-5-23-6-8-26-28(22-11-15-41-16-12-22)19-30(37(36)39(42)44)35-33(26)31(23)32(25)34(29)35/h2-19H,1H3. The third-order valence-corrected chi connectivity index (χ3v) is 9.50. The lowest BCUT2D eigenvalue weighted by Crippen LogP contribution is -2.23. The summed E-state index contributed by atoms with van der Waals surface area (Å²) in [6.45, 7) is 1.97. The molecule has 0 aliphatic rings. The summed E-state index contributed by atoms with van der Waals surface area (Å²) >= 11 is 0. The maximum absolute atomic E-state index is 14.5. The lowest BCUT2D eigenvalue weighted by Gasteiger charge is -2.12. The maximum atomic E-state index is 14.5. The van der Waals surface area contributed by atoms with E-state index in [2.05, 4.69) is 46.4 Å². The highest BCUT2D eigenvalue weighted by Gasteiger charge is 2.29. The predicted octanol–water partition coefficient (Wildman–Crippen LogP) is 8.30. The second kappa shape index (κ2) is 8.12. The molecule has 0 amide bonds. The molecule has 0 spiro atoms. The number of nitrogens with zero attached hydrogens (tertiary/aromatic N) is 3. The molecule has 44 heavy (non-hydrogen) atoms. The second-order valence-electron chi connectivity index (χ2n) is 11.8. The fourth-order valence-corrected chi connectivity index (χ4v) is 7.73. The molecule has 10 rings (SSSR count). The zero-order valence-electron chi connectivity index (χ0n) is 23.6. The Morgan fingerprint density at radius 3 is 1.50 bits per heavy atom. The van der Waals surface area contributed by atoms with Crippen molar-refractivity contribution >= 4 is 64.6 Å². The minimum Gasteiger partial charge on any atom is -0.268 e. The molecule has 5 heteroatoms. The molecule has 5 nitrogen and oxygen atoms in total. The first-order valence-electron chi connectivity index (χ1n) is 14.6. The average molecular weight is 564 g/mol. The molecule has 0 aliphatic carbocycles. The second-order valence-corrected chi connectivity index (χ2v) is 11.8. The van der Waals surface area contributed by atoms with E-state index in [9.17, 15) is 9.59 Å². The number of aryl methyl sites for hydroxylation is 1. The topological polar surface area (TPSA) is 64.8 Å². The number of hydrogen-bond donors (Lipinski definition) is 0. The van der Waals surface area contributed by atoms with Gasteiger partial charge in [-0.3, -0.25) is 19.6 Å². The quantitative estimate of drug-likeness (QED) is 0.203. The van der Waals surface area contributed by atoms with Crippen molar-refractivity contribution in [1.29, 1.82) is 0 Å². The van der Waals surface area contributed by atoms with E-state index in [4.69, 9.17) is 0 Å². The molecule has 0 saturated heterocycles. The van der Waals surface area contributed by atoms with Crippen LogP contribution >= 0.6 is 0 Å². The third kappa shape index (κ3) is 2.79. The molecule has 0 atom stereocenters. The van der Waals surface area contributed by atoms with Crippen LogP contribution in [0.15, 0.2) is 119 Å². The van der Waals surface area contributed by atoms with Crippen molar-refractivity contribution in [1.82, 2.24) is 14.5 Å². The summed E-state index contributed by atoms with van der Waals surface area (Å²) in [5.41, 5.74) is 5.07. The van der Waals surface area contributed by atoms with E-state index in [0.717, 1.165) is 76.3 Å². The molecule has 10 aromatic rings. The first-order chi connectivity index (χ1) is 21.6. The van der Waals surface area contributed by atoms with Crippen LogP contribution in [0.3, 0.4) is 0 Å². The molecule has 3 aromatic heterocycles. The van der Waals surface area contributed by atoms with Crippen molar-refractivity contribution < 1.29 is 0 Å². The molecule has 204 valence electrons. The van der Waals surface area contributed by atoms with Gasteiger partial charge >= 0.3 is 0 Å². The van der Waals surface area contributed by atoms with Crippen molar-refractivity contribution in [2.24, 2.45) is 0 Å². The van der Waals surface area contributed by atoms with Crippen LogP contribution in [-0.4, -0.2) is 14.5 Å². The zero-order chi connectivity index (χ0) is 29.3. The van der Waals surface area contributed by atoms with Gasteiger partial charge in [-0.25, -0.2) is 4.57 Å². The first kappa shape index (κ1) is 23.6. The molecule has 0 aliphatic heterocycles. The summed E-state index contributed by atoms with van der Waals surface area (Å²) in [4.78, 5) is 37.6. The van der Waals surface area contributed by atoms with Gasteiger partial charge < -0.3 is 0 Å². The van der Waals surface area contributed by atoms with Crippen LogP contribution < -0.4 is 11.1 Å². The molecule has 3 heterocycles. The summed E-state index contributed by atoms with van der Waals surface area (Å²) in [7, 11) is 0. The van der Waals surface area contributed by atoms with E-state index in [1.807, 2.05) is 55.5 Å². The zero-order valence-corrected chi connectivity index (χ0v) is 23.6. The third-order valence-electron chi connectivity index (χ3n) is 9.50. The largest absolute Gasteiger partial charge is 0.268 e. The molecule has 0 N–H and O–H groups in total. The van der Waals surface area contributed by atoms with Gasteiger partial charge in [0.1, 0.15) is 0 Å². The summed E-state index contributed by atoms with van der Waals surface area (Å²) in [6, 6.07) is 28.6. The first-order valence-corrected chi connectivity index (χ1v) is 14.6. The Bertz CT molecular complexity index is 2690. The molecule has 0 saturated carbocycles. The van der Waals surface area contributed by atoms with Gasteiger partial charge in [-0.1, -0.05) is 36.4 Å². The van der Waals surface area contributed by atoms with Crippen LogP contribution in [0.25, 0.3) is 92.6 Å². The Labute approximate surface area is 249 Å². The molecular weight excluding hydrogens is 542 g/mol. The summed E-state index contributed by atoms with van der Waals surface area (Å²) in [6.07, 6.45) is 7.17. The predicted molar refractivity (Wildman–Crippen MR) is 179 cm³/mol. The number of pyridine rings is 2. The average Bonchev–Trinajstić information content (AvgIpc) is 3.56. The summed E-state index contributed by atoms with van der Waals surface area (Å²) < 4.78 is 1.36. The van der Waals surface area contributed by atoms with Gasteiger partial charge in [-0.05, 0) is 137 Å². The van der Waals surface area contributed by atoms with Gasteiger partial charge in [0.05, 0.1) is 16.5 Å². The Morgan fingerprint density at radius 1 is 0.500 bits per heavy atom. The summed E-state index contributed by atoms with van der Waals surface area (Å²) in [5, 5.41) is 11.5. The van der Waals surface area contributed by atoms with Crippen LogP contribution in [0.5, 0.6) is 0 Å². The van der Waals surface area contributed by atoms with E-state index < -0.39 is 0 Å². The van der Waals surface area contributed by atoms with E-state index in [1.165, 1.54) is 9.95 Å². The molecule has 0 unspecified atom stereocenters. The van der Waals surface area contributed by atoms with Crippen molar-refractivity contribution in [3.05, 3.63) is 136 Å².